The molecule has 28 heavy (non-hydrogen) atoms. The van der Waals surface area contributed by atoms with Gasteiger partial charge < -0.3 is 19.7 Å². The minimum atomic E-state index is -0.0170. The van der Waals surface area contributed by atoms with E-state index < -0.39 is 0 Å². The number of methoxy groups -OCH3 is 1. The van der Waals surface area contributed by atoms with Crippen LogP contribution in [0.1, 0.15) is 31.7 Å². The van der Waals surface area contributed by atoms with Gasteiger partial charge >= 0.3 is 0 Å². The van der Waals surface area contributed by atoms with Crippen molar-refractivity contribution < 1.29 is 19.1 Å². The lowest BCUT2D eigenvalue weighted by atomic mass is 10.0. The lowest BCUT2D eigenvalue weighted by Crippen LogP contribution is -2.52. The maximum Gasteiger partial charge on any atom is 0.260 e. The Morgan fingerprint density at radius 3 is 2.39 bits per heavy atom. The summed E-state index contributed by atoms with van der Waals surface area (Å²) in [6.45, 7) is 8.59. The van der Waals surface area contributed by atoms with E-state index in [1.165, 1.54) is 5.56 Å². The van der Waals surface area contributed by atoms with Crippen LogP contribution in [0.15, 0.2) is 24.3 Å². The molecule has 1 aromatic carbocycles. The van der Waals surface area contributed by atoms with Crippen LogP contribution < -0.4 is 10.1 Å². The van der Waals surface area contributed by atoms with Crippen LogP contribution in [0.4, 0.5) is 0 Å². The van der Waals surface area contributed by atoms with Gasteiger partial charge in [0.05, 0.1) is 6.54 Å². The molecular weight excluding hydrogens is 358 g/mol. The Labute approximate surface area is 168 Å². The molecule has 0 aliphatic carbocycles. The molecule has 1 aliphatic heterocycles. The van der Waals surface area contributed by atoms with Crippen molar-refractivity contribution in [2.45, 2.75) is 26.2 Å². The van der Waals surface area contributed by atoms with E-state index in [4.69, 9.17) is 9.47 Å². The summed E-state index contributed by atoms with van der Waals surface area (Å²) in [6, 6.07) is 7.88. The lowest BCUT2D eigenvalue weighted by Gasteiger charge is -2.34. The summed E-state index contributed by atoms with van der Waals surface area (Å²) in [4.78, 5) is 28.2. The fourth-order valence-corrected chi connectivity index (χ4v) is 3.04. The van der Waals surface area contributed by atoms with Crippen molar-refractivity contribution in [3.05, 3.63) is 29.8 Å². The van der Waals surface area contributed by atoms with Gasteiger partial charge in [0.1, 0.15) is 5.75 Å². The van der Waals surface area contributed by atoms with Crippen molar-refractivity contribution in [3.63, 3.8) is 0 Å². The van der Waals surface area contributed by atoms with E-state index in [1.807, 2.05) is 24.3 Å². The van der Waals surface area contributed by atoms with Gasteiger partial charge in [-0.3, -0.25) is 14.5 Å². The summed E-state index contributed by atoms with van der Waals surface area (Å²) in [6.07, 6.45) is 0.810. The predicted molar refractivity (Wildman–Crippen MR) is 109 cm³/mol. The number of rotatable bonds is 10. The molecule has 156 valence electrons. The highest BCUT2D eigenvalue weighted by atomic mass is 16.5. The molecule has 2 rings (SSSR count). The Hall–Kier alpha value is -2.12. The molecule has 2 amide bonds. The number of carbonyl (C=O) groups excluding carboxylic acids is 2. The van der Waals surface area contributed by atoms with Gasteiger partial charge in [-0.15, -0.1) is 0 Å². The zero-order chi connectivity index (χ0) is 20.4. The van der Waals surface area contributed by atoms with Gasteiger partial charge in [-0.25, -0.2) is 0 Å². The van der Waals surface area contributed by atoms with E-state index in [0.29, 0.717) is 57.5 Å². The Balaban J connectivity index is 1.65. The predicted octanol–water partition coefficient (Wildman–Crippen LogP) is 1.49. The first-order valence-electron chi connectivity index (χ1n) is 9.98. The first kappa shape index (κ1) is 22.2. The van der Waals surface area contributed by atoms with E-state index in [9.17, 15) is 9.59 Å². The Bertz CT molecular complexity index is 611. The number of hydrogen-bond donors (Lipinski definition) is 1. The second-order valence-electron chi connectivity index (χ2n) is 7.37. The quantitative estimate of drug-likeness (QED) is 0.612. The van der Waals surface area contributed by atoms with Crippen LogP contribution in [0.25, 0.3) is 0 Å². The SMILES string of the molecule is COCCCNC(=O)CN1CCN(C(=O)COc2ccc(C(C)C)cc2)CC1. The molecule has 1 aliphatic rings. The average molecular weight is 392 g/mol. The maximum atomic E-state index is 12.4. The highest BCUT2D eigenvalue weighted by Gasteiger charge is 2.22. The molecule has 1 saturated heterocycles. The standard InChI is InChI=1S/C21H33N3O4/c1-17(2)18-5-7-19(8-6-18)28-16-21(26)24-12-10-23(11-13-24)15-20(25)22-9-4-14-27-3/h5-8,17H,4,9-16H2,1-3H3,(H,22,25). The summed E-state index contributed by atoms with van der Waals surface area (Å²) >= 11 is 0. The molecule has 0 radical (unpaired) electrons. The molecule has 1 fully saturated rings. The molecule has 0 atom stereocenters. The average Bonchev–Trinajstić information content (AvgIpc) is 2.70. The molecule has 0 unspecified atom stereocenters. The first-order chi connectivity index (χ1) is 13.5. The van der Waals surface area contributed by atoms with Crippen molar-refractivity contribution >= 4 is 11.8 Å². The topological polar surface area (TPSA) is 71.1 Å². The van der Waals surface area contributed by atoms with Gasteiger partial charge in [-0.05, 0) is 30.0 Å². The molecule has 0 aromatic heterocycles. The summed E-state index contributed by atoms with van der Waals surface area (Å²) in [5.41, 5.74) is 1.25. The van der Waals surface area contributed by atoms with Crippen molar-refractivity contribution in [2.75, 3.05) is 59.6 Å². The van der Waals surface area contributed by atoms with Gasteiger partial charge in [-0.1, -0.05) is 26.0 Å². The number of ether oxygens (including phenoxy) is 2. The smallest absolute Gasteiger partial charge is 0.260 e. The first-order valence-corrected chi connectivity index (χ1v) is 9.98. The fraction of sp³-hybridized carbons (Fsp3) is 0.619. The highest BCUT2D eigenvalue weighted by Crippen LogP contribution is 2.18. The van der Waals surface area contributed by atoms with Crippen LogP contribution in [0.5, 0.6) is 5.75 Å². The zero-order valence-electron chi connectivity index (χ0n) is 17.3. The van der Waals surface area contributed by atoms with Gasteiger partial charge in [0.2, 0.25) is 5.91 Å². The largest absolute Gasteiger partial charge is 0.484 e. The summed E-state index contributed by atoms with van der Waals surface area (Å²) in [7, 11) is 1.65. The second kappa shape index (κ2) is 11.7. The van der Waals surface area contributed by atoms with E-state index >= 15 is 0 Å². The van der Waals surface area contributed by atoms with Crippen LogP contribution >= 0.6 is 0 Å². The van der Waals surface area contributed by atoms with Crippen molar-refractivity contribution in [3.8, 4) is 5.75 Å². The molecule has 7 heteroatoms. The number of nitrogens with zero attached hydrogens (tertiary/aromatic N) is 2. The number of amides is 2. The van der Waals surface area contributed by atoms with Gasteiger partial charge in [0.25, 0.3) is 5.91 Å². The van der Waals surface area contributed by atoms with Crippen LogP contribution in [-0.4, -0.2) is 81.2 Å². The summed E-state index contributed by atoms with van der Waals surface area (Å²) < 4.78 is 10.6. The van der Waals surface area contributed by atoms with Crippen molar-refractivity contribution in [1.82, 2.24) is 15.1 Å². The van der Waals surface area contributed by atoms with Crippen LogP contribution in [0.3, 0.4) is 0 Å². The maximum absolute atomic E-state index is 12.4. The Morgan fingerprint density at radius 2 is 1.79 bits per heavy atom. The highest BCUT2D eigenvalue weighted by molar-refractivity contribution is 5.79. The van der Waals surface area contributed by atoms with Gasteiger partial charge in [0.15, 0.2) is 6.61 Å². The Morgan fingerprint density at radius 1 is 1.11 bits per heavy atom. The lowest BCUT2D eigenvalue weighted by molar-refractivity contribution is -0.135. The minimum Gasteiger partial charge on any atom is -0.484 e. The second-order valence-corrected chi connectivity index (χ2v) is 7.37. The third kappa shape index (κ3) is 7.48. The molecular formula is C21H33N3O4. The number of nitrogens with one attached hydrogen (secondary N) is 1. The Kier molecular flexibility index (Phi) is 9.23. The van der Waals surface area contributed by atoms with Crippen LogP contribution in [0.2, 0.25) is 0 Å². The van der Waals surface area contributed by atoms with E-state index in [0.717, 1.165) is 6.42 Å². The van der Waals surface area contributed by atoms with E-state index in [1.54, 1.807) is 12.0 Å². The molecule has 1 aromatic rings. The van der Waals surface area contributed by atoms with Crippen LogP contribution in [-0.2, 0) is 14.3 Å². The molecule has 7 nitrogen and oxygen atoms in total. The number of hydrogen-bond acceptors (Lipinski definition) is 5. The molecule has 1 N–H and O–H groups in total. The molecule has 1 heterocycles. The number of carbonyl (C=O) groups is 2. The van der Waals surface area contributed by atoms with Crippen molar-refractivity contribution in [1.29, 1.82) is 0 Å². The molecule has 0 spiro atoms. The van der Waals surface area contributed by atoms with E-state index in [-0.39, 0.29) is 18.4 Å². The fourth-order valence-electron chi connectivity index (χ4n) is 3.04. The minimum absolute atomic E-state index is 0.0170. The van der Waals surface area contributed by atoms with Gasteiger partial charge in [-0.2, -0.15) is 0 Å². The molecule has 0 saturated carbocycles. The number of benzene rings is 1. The number of piperazine rings is 1. The summed E-state index contributed by atoms with van der Waals surface area (Å²) in [5, 5.41) is 2.89. The summed E-state index contributed by atoms with van der Waals surface area (Å²) in [5.74, 6) is 1.18. The zero-order valence-corrected chi connectivity index (χ0v) is 17.3. The van der Waals surface area contributed by atoms with E-state index in [2.05, 4.69) is 24.1 Å². The van der Waals surface area contributed by atoms with Crippen LogP contribution in [0, 0.1) is 0 Å². The van der Waals surface area contributed by atoms with Crippen molar-refractivity contribution in [2.24, 2.45) is 0 Å². The normalized spacial score (nSPS) is 14.9. The van der Waals surface area contributed by atoms with Gasteiger partial charge in [0, 0.05) is 46.4 Å². The monoisotopic (exact) mass is 391 g/mol. The third-order valence-electron chi connectivity index (χ3n) is 4.85. The molecule has 0 bridgehead atoms. The third-order valence-corrected chi connectivity index (χ3v) is 4.85.